The molecule has 1 aromatic heterocycles. The third-order valence-electron chi connectivity index (χ3n) is 3.30. The Morgan fingerprint density at radius 1 is 1.59 bits per heavy atom. The van der Waals surface area contributed by atoms with Crippen molar-refractivity contribution in [3.05, 3.63) is 20.3 Å². The third kappa shape index (κ3) is 4.05. The number of rotatable bonds is 4. The van der Waals surface area contributed by atoms with Gasteiger partial charge in [-0.1, -0.05) is 0 Å². The fraction of sp³-hybridized carbons (Fsp3) is 0.692. The van der Waals surface area contributed by atoms with Gasteiger partial charge in [-0.2, -0.15) is 0 Å². The molecule has 96 valence electrons. The van der Waals surface area contributed by atoms with Gasteiger partial charge >= 0.3 is 0 Å². The van der Waals surface area contributed by atoms with E-state index in [2.05, 4.69) is 46.2 Å². The predicted octanol–water partition coefficient (Wildman–Crippen LogP) is 3.25. The molecule has 1 aliphatic heterocycles. The van der Waals surface area contributed by atoms with Crippen LogP contribution in [-0.2, 0) is 6.54 Å². The molecule has 0 radical (unpaired) electrons. The topological polar surface area (TPSA) is 15.3 Å². The summed E-state index contributed by atoms with van der Waals surface area (Å²) in [5.74, 6) is 0.832. The smallest absolute Gasteiger partial charge is 0.0325 e. The van der Waals surface area contributed by atoms with Crippen molar-refractivity contribution in [1.82, 2.24) is 10.2 Å². The predicted molar refractivity (Wildman–Crippen MR) is 78.7 cm³/mol. The molecule has 1 saturated heterocycles. The van der Waals surface area contributed by atoms with E-state index in [1.165, 1.54) is 46.7 Å². The number of piperidine rings is 1. The van der Waals surface area contributed by atoms with Crippen molar-refractivity contribution < 1.29 is 0 Å². The summed E-state index contributed by atoms with van der Waals surface area (Å²) >= 11 is 5.49. The molecule has 0 amide bonds. The number of nitrogens with one attached hydrogen (secondary N) is 1. The lowest BCUT2D eigenvalue weighted by atomic mass is 9.99. The monoisotopic (exact) mass is 316 g/mol. The van der Waals surface area contributed by atoms with E-state index in [0.717, 1.165) is 12.5 Å². The molecular formula is C13H21BrN2S. The van der Waals surface area contributed by atoms with Crippen LogP contribution in [0.5, 0.6) is 0 Å². The van der Waals surface area contributed by atoms with Crippen molar-refractivity contribution in [2.24, 2.45) is 5.92 Å². The number of halogens is 1. The van der Waals surface area contributed by atoms with Gasteiger partial charge in [0.1, 0.15) is 0 Å². The third-order valence-corrected chi connectivity index (χ3v) is 5.42. The summed E-state index contributed by atoms with van der Waals surface area (Å²) < 4.78 is 1.25. The van der Waals surface area contributed by atoms with Gasteiger partial charge in [0.2, 0.25) is 0 Å². The Morgan fingerprint density at radius 2 is 2.41 bits per heavy atom. The summed E-state index contributed by atoms with van der Waals surface area (Å²) in [6.07, 6.45) is 2.71. The first kappa shape index (κ1) is 13.5. The zero-order valence-corrected chi connectivity index (χ0v) is 13.0. The number of nitrogens with zero attached hydrogens (tertiary/aromatic N) is 1. The summed E-state index contributed by atoms with van der Waals surface area (Å²) in [6.45, 7) is 6.85. The molecule has 0 aliphatic carbocycles. The number of hydrogen-bond acceptors (Lipinski definition) is 3. The largest absolute Gasteiger partial charge is 0.316 e. The second-order valence-corrected chi connectivity index (χ2v) is 7.22. The van der Waals surface area contributed by atoms with E-state index < -0.39 is 0 Å². The van der Waals surface area contributed by atoms with Crippen LogP contribution in [0.4, 0.5) is 0 Å². The SMILES string of the molecule is Cc1sc(CN(C)CC2CCCNC2)cc1Br. The van der Waals surface area contributed by atoms with Crippen LogP contribution in [0.25, 0.3) is 0 Å². The lowest BCUT2D eigenvalue weighted by Gasteiger charge is -2.27. The van der Waals surface area contributed by atoms with Gasteiger partial charge in [-0.25, -0.2) is 0 Å². The Bertz CT molecular complexity index is 339. The second kappa shape index (κ2) is 6.32. The van der Waals surface area contributed by atoms with Crippen molar-refractivity contribution >= 4 is 27.3 Å². The van der Waals surface area contributed by atoms with E-state index in [4.69, 9.17) is 0 Å². The Morgan fingerprint density at radius 3 is 3.00 bits per heavy atom. The van der Waals surface area contributed by atoms with Crippen molar-refractivity contribution in [2.45, 2.75) is 26.3 Å². The molecule has 1 atom stereocenters. The van der Waals surface area contributed by atoms with Crippen LogP contribution in [-0.4, -0.2) is 31.6 Å². The van der Waals surface area contributed by atoms with Gasteiger partial charge < -0.3 is 10.2 Å². The first-order chi connectivity index (χ1) is 8.15. The molecule has 1 aliphatic rings. The highest BCUT2D eigenvalue weighted by Crippen LogP contribution is 2.27. The molecule has 1 fully saturated rings. The van der Waals surface area contributed by atoms with Crippen LogP contribution in [0.15, 0.2) is 10.5 Å². The molecular weight excluding hydrogens is 296 g/mol. The maximum Gasteiger partial charge on any atom is 0.0325 e. The first-order valence-electron chi connectivity index (χ1n) is 6.29. The fourth-order valence-corrected chi connectivity index (χ4v) is 4.13. The van der Waals surface area contributed by atoms with E-state index in [1.807, 2.05) is 11.3 Å². The van der Waals surface area contributed by atoms with Crippen molar-refractivity contribution in [1.29, 1.82) is 0 Å². The van der Waals surface area contributed by atoms with Gasteiger partial charge in [-0.3, -0.25) is 0 Å². The average molecular weight is 317 g/mol. The quantitative estimate of drug-likeness (QED) is 0.917. The van der Waals surface area contributed by atoms with Crippen LogP contribution < -0.4 is 5.32 Å². The van der Waals surface area contributed by atoms with E-state index in [-0.39, 0.29) is 0 Å². The minimum absolute atomic E-state index is 0.832. The molecule has 0 bridgehead atoms. The average Bonchev–Trinajstić information content (AvgIpc) is 2.59. The number of aryl methyl sites for hydroxylation is 1. The van der Waals surface area contributed by atoms with Crippen LogP contribution in [0.1, 0.15) is 22.6 Å². The Kier molecular flexibility index (Phi) is 5.03. The Hall–Kier alpha value is 0.100. The second-order valence-electron chi connectivity index (χ2n) is 5.03. The van der Waals surface area contributed by atoms with Gasteiger partial charge in [0, 0.05) is 27.3 Å². The molecule has 2 heterocycles. The van der Waals surface area contributed by atoms with E-state index in [0.29, 0.717) is 0 Å². The molecule has 4 heteroatoms. The molecule has 0 aromatic carbocycles. The highest BCUT2D eigenvalue weighted by molar-refractivity contribution is 9.10. The summed E-state index contributed by atoms with van der Waals surface area (Å²) in [6, 6.07) is 2.26. The number of hydrogen-bond donors (Lipinski definition) is 1. The molecule has 2 nitrogen and oxygen atoms in total. The van der Waals surface area contributed by atoms with Gasteiger partial charge in [-0.05, 0) is 67.8 Å². The molecule has 1 unspecified atom stereocenters. The van der Waals surface area contributed by atoms with E-state index in [1.54, 1.807) is 0 Å². The molecule has 1 N–H and O–H groups in total. The lowest BCUT2D eigenvalue weighted by Crippen LogP contribution is -2.36. The molecule has 0 spiro atoms. The zero-order valence-electron chi connectivity index (χ0n) is 10.6. The Balaban J connectivity index is 1.81. The molecule has 17 heavy (non-hydrogen) atoms. The van der Waals surface area contributed by atoms with E-state index >= 15 is 0 Å². The summed E-state index contributed by atoms with van der Waals surface area (Å²) in [4.78, 5) is 5.29. The van der Waals surface area contributed by atoms with Gasteiger partial charge in [0.25, 0.3) is 0 Å². The normalized spacial score (nSPS) is 21.1. The summed E-state index contributed by atoms with van der Waals surface area (Å²) in [5.41, 5.74) is 0. The Labute approximate surface area is 117 Å². The van der Waals surface area contributed by atoms with Crippen LogP contribution in [0.2, 0.25) is 0 Å². The van der Waals surface area contributed by atoms with Crippen LogP contribution in [0, 0.1) is 12.8 Å². The minimum atomic E-state index is 0.832. The van der Waals surface area contributed by atoms with Crippen molar-refractivity contribution in [2.75, 3.05) is 26.7 Å². The zero-order chi connectivity index (χ0) is 12.3. The van der Waals surface area contributed by atoms with Gasteiger partial charge in [-0.15, -0.1) is 11.3 Å². The van der Waals surface area contributed by atoms with Crippen LogP contribution in [0.3, 0.4) is 0 Å². The maximum absolute atomic E-state index is 3.59. The van der Waals surface area contributed by atoms with E-state index in [9.17, 15) is 0 Å². The highest BCUT2D eigenvalue weighted by Gasteiger charge is 2.15. The number of thiophene rings is 1. The van der Waals surface area contributed by atoms with Crippen molar-refractivity contribution in [3.8, 4) is 0 Å². The van der Waals surface area contributed by atoms with Crippen LogP contribution >= 0.6 is 27.3 Å². The van der Waals surface area contributed by atoms with Gasteiger partial charge in [0.15, 0.2) is 0 Å². The molecule has 2 rings (SSSR count). The first-order valence-corrected chi connectivity index (χ1v) is 7.90. The fourth-order valence-electron chi connectivity index (χ4n) is 2.45. The summed E-state index contributed by atoms with van der Waals surface area (Å²) in [5, 5.41) is 3.49. The minimum Gasteiger partial charge on any atom is -0.316 e. The molecule has 1 aromatic rings. The standard InChI is InChI=1S/C13H21BrN2S/c1-10-13(14)6-12(17-10)9-16(2)8-11-4-3-5-15-7-11/h6,11,15H,3-5,7-9H2,1-2H3. The lowest BCUT2D eigenvalue weighted by molar-refractivity contribution is 0.239. The van der Waals surface area contributed by atoms with Gasteiger partial charge in [0.05, 0.1) is 0 Å². The van der Waals surface area contributed by atoms with Crippen molar-refractivity contribution in [3.63, 3.8) is 0 Å². The summed E-state index contributed by atoms with van der Waals surface area (Å²) in [7, 11) is 2.23. The highest BCUT2D eigenvalue weighted by atomic mass is 79.9. The maximum atomic E-state index is 3.59. The molecule has 0 saturated carbocycles.